The van der Waals surface area contributed by atoms with E-state index < -0.39 is 10.0 Å². The lowest BCUT2D eigenvalue weighted by Crippen LogP contribution is -2.14. The van der Waals surface area contributed by atoms with Gasteiger partial charge in [-0.2, -0.15) is 0 Å². The fraction of sp³-hybridized carbons (Fsp3) is 0.143. The molecule has 0 aromatic heterocycles. The van der Waals surface area contributed by atoms with Gasteiger partial charge in [-0.05, 0) is 65.2 Å². The smallest absolute Gasteiger partial charge is 0.262 e. The molecule has 0 saturated heterocycles. The minimum absolute atomic E-state index is 0.0203. The average Bonchev–Trinajstić information content (AvgIpc) is 2.32. The molecular formula is C14H12BrCl2NO2S. The highest BCUT2D eigenvalue weighted by atomic mass is 79.9. The first kappa shape index (κ1) is 16.6. The van der Waals surface area contributed by atoms with E-state index in [1.165, 1.54) is 18.2 Å². The summed E-state index contributed by atoms with van der Waals surface area (Å²) in [6.07, 6.45) is 0. The SMILES string of the molecule is Cc1cc(C)c(NS(=O)(=O)c2cc(Cl)cc(Cl)c2)c(Br)c1. The van der Waals surface area contributed by atoms with Gasteiger partial charge in [0, 0.05) is 14.5 Å². The molecule has 0 fully saturated rings. The van der Waals surface area contributed by atoms with E-state index in [2.05, 4.69) is 20.7 Å². The van der Waals surface area contributed by atoms with Crippen LogP contribution in [0.4, 0.5) is 5.69 Å². The van der Waals surface area contributed by atoms with Crippen LogP contribution in [0.3, 0.4) is 0 Å². The van der Waals surface area contributed by atoms with E-state index in [1.807, 2.05) is 26.0 Å². The number of rotatable bonds is 3. The van der Waals surface area contributed by atoms with Crippen molar-refractivity contribution in [2.24, 2.45) is 0 Å². The fourth-order valence-corrected chi connectivity index (χ4v) is 4.70. The van der Waals surface area contributed by atoms with Crippen molar-refractivity contribution in [1.82, 2.24) is 0 Å². The molecule has 0 radical (unpaired) electrons. The Labute approximate surface area is 142 Å². The molecule has 2 aromatic carbocycles. The number of hydrogen-bond acceptors (Lipinski definition) is 2. The first-order valence-electron chi connectivity index (χ1n) is 5.95. The van der Waals surface area contributed by atoms with Gasteiger partial charge in [0.1, 0.15) is 0 Å². The molecule has 3 nitrogen and oxygen atoms in total. The van der Waals surface area contributed by atoms with Crippen molar-refractivity contribution in [2.75, 3.05) is 4.72 Å². The second kappa shape index (κ2) is 6.16. The van der Waals surface area contributed by atoms with Gasteiger partial charge in [-0.1, -0.05) is 29.3 Å². The van der Waals surface area contributed by atoms with Crippen LogP contribution in [0.5, 0.6) is 0 Å². The molecule has 2 rings (SSSR count). The maximum atomic E-state index is 12.4. The lowest BCUT2D eigenvalue weighted by molar-refractivity contribution is 0.601. The third kappa shape index (κ3) is 3.92. The standard InChI is InChI=1S/C14H12BrCl2NO2S/c1-8-3-9(2)14(13(15)4-8)18-21(19,20)12-6-10(16)5-11(17)7-12/h3-7,18H,1-2H3. The van der Waals surface area contributed by atoms with Gasteiger partial charge in [0.2, 0.25) is 0 Å². The highest BCUT2D eigenvalue weighted by Gasteiger charge is 2.18. The summed E-state index contributed by atoms with van der Waals surface area (Å²) in [5, 5.41) is 0.533. The summed E-state index contributed by atoms with van der Waals surface area (Å²) < 4.78 is 28.1. The molecule has 112 valence electrons. The van der Waals surface area contributed by atoms with E-state index in [9.17, 15) is 8.42 Å². The van der Waals surface area contributed by atoms with E-state index >= 15 is 0 Å². The fourth-order valence-electron chi connectivity index (χ4n) is 1.92. The van der Waals surface area contributed by atoms with Crippen LogP contribution in [0.15, 0.2) is 39.7 Å². The van der Waals surface area contributed by atoms with Crippen LogP contribution < -0.4 is 4.72 Å². The summed E-state index contributed by atoms with van der Waals surface area (Å²) in [7, 11) is -3.77. The molecule has 0 atom stereocenters. The van der Waals surface area contributed by atoms with E-state index in [4.69, 9.17) is 23.2 Å². The lowest BCUT2D eigenvalue weighted by Gasteiger charge is -2.13. The molecule has 21 heavy (non-hydrogen) atoms. The second-order valence-electron chi connectivity index (χ2n) is 4.65. The van der Waals surface area contributed by atoms with Crippen LogP contribution in [-0.2, 0) is 10.0 Å². The Bertz CT molecular complexity index is 763. The molecule has 0 aliphatic carbocycles. The number of hydrogen-bond donors (Lipinski definition) is 1. The number of halogens is 3. The zero-order valence-corrected chi connectivity index (χ0v) is 15.2. The normalized spacial score (nSPS) is 11.5. The topological polar surface area (TPSA) is 46.2 Å². The molecule has 0 saturated carbocycles. The number of benzene rings is 2. The minimum atomic E-state index is -3.77. The molecule has 0 unspecified atom stereocenters. The largest absolute Gasteiger partial charge is 0.278 e. The van der Waals surface area contributed by atoms with Crippen LogP contribution in [0.2, 0.25) is 10.0 Å². The summed E-state index contributed by atoms with van der Waals surface area (Å²) in [6, 6.07) is 7.93. The van der Waals surface area contributed by atoms with E-state index in [0.717, 1.165) is 11.1 Å². The number of aryl methyl sites for hydroxylation is 2. The predicted molar refractivity (Wildman–Crippen MR) is 90.9 cm³/mol. The van der Waals surface area contributed by atoms with E-state index in [0.29, 0.717) is 10.2 Å². The van der Waals surface area contributed by atoms with Gasteiger partial charge in [-0.3, -0.25) is 4.72 Å². The van der Waals surface area contributed by atoms with Gasteiger partial charge >= 0.3 is 0 Å². The zero-order valence-electron chi connectivity index (χ0n) is 11.2. The zero-order chi connectivity index (χ0) is 15.8. The molecule has 0 aliphatic rings. The Morgan fingerprint density at radius 3 is 2.10 bits per heavy atom. The third-order valence-corrected chi connectivity index (χ3v) is 5.21. The van der Waals surface area contributed by atoms with Gasteiger partial charge in [0.15, 0.2) is 0 Å². The molecule has 0 aliphatic heterocycles. The Hall–Kier alpha value is -0.750. The van der Waals surface area contributed by atoms with Crippen LogP contribution >= 0.6 is 39.1 Å². The van der Waals surface area contributed by atoms with E-state index in [1.54, 1.807) is 0 Å². The summed E-state index contributed by atoms with van der Waals surface area (Å²) in [4.78, 5) is 0.0203. The highest BCUT2D eigenvalue weighted by molar-refractivity contribution is 9.10. The van der Waals surface area contributed by atoms with Crippen molar-refractivity contribution in [3.8, 4) is 0 Å². The maximum absolute atomic E-state index is 12.4. The molecule has 7 heteroatoms. The first-order chi connectivity index (χ1) is 9.69. The Morgan fingerprint density at radius 2 is 1.57 bits per heavy atom. The number of nitrogens with one attached hydrogen (secondary N) is 1. The van der Waals surface area contributed by atoms with Gasteiger partial charge in [0.25, 0.3) is 10.0 Å². The third-order valence-electron chi connectivity index (χ3n) is 2.81. The van der Waals surface area contributed by atoms with Crippen LogP contribution in [-0.4, -0.2) is 8.42 Å². The van der Waals surface area contributed by atoms with Gasteiger partial charge in [0.05, 0.1) is 10.6 Å². The number of sulfonamides is 1. The summed E-state index contributed by atoms with van der Waals surface area (Å²) in [5.74, 6) is 0. The van der Waals surface area contributed by atoms with Crippen LogP contribution in [0.1, 0.15) is 11.1 Å². The maximum Gasteiger partial charge on any atom is 0.262 e. The minimum Gasteiger partial charge on any atom is -0.278 e. The first-order valence-corrected chi connectivity index (χ1v) is 8.98. The molecular weight excluding hydrogens is 397 g/mol. The van der Waals surface area contributed by atoms with Gasteiger partial charge in [-0.15, -0.1) is 0 Å². The molecule has 1 N–H and O–H groups in total. The quantitative estimate of drug-likeness (QED) is 0.760. The van der Waals surface area contributed by atoms with Crippen molar-refractivity contribution >= 4 is 54.8 Å². The van der Waals surface area contributed by atoms with Gasteiger partial charge in [-0.25, -0.2) is 8.42 Å². The highest BCUT2D eigenvalue weighted by Crippen LogP contribution is 2.31. The predicted octanol–water partition coefficient (Wildman–Crippen LogP) is 5.17. The second-order valence-corrected chi connectivity index (χ2v) is 8.06. The van der Waals surface area contributed by atoms with Crippen molar-refractivity contribution in [3.05, 3.63) is 56.0 Å². The molecule has 0 spiro atoms. The van der Waals surface area contributed by atoms with Crippen LogP contribution in [0, 0.1) is 13.8 Å². The van der Waals surface area contributed by atoms with Crippen molar-refractivity contribution < 1.29 is 8.42 Å². The molecule has 0 bridgehead atoms. The lowest BCUT2D eigenvalue weighted by atomic mass is 10.1. The summed E-state index contributed by atoms with van der Waals surface area (Å²) >= 11 is 15.1. The average molecular weight is 409 g/mol. The van der Waals surface area contributed by atoms with E-state index in [-0.39, 0.29) is 14.9 Å². The Balaban J connectivity index is 2.47. The summed E-state index contributed by atoms with van der Waals surface area (Å²) in [6.45, 7) is 3.77. The Kier molecular flexibility index (Phi) is 4.88. The van der Waals surface area contributed by atoms with Crippen molar-refractivity contribution in [2.45, 2.75) is 18.7 Å². The molecule has 2 aromatic rings. The number of anilines is 1. The monoisotopic (exact) mass is 407 g/mol. The molecule has 0 heterocycles. The Morgan fingerprint density at radius 1 is 1.00 bits per heavy atom. The summed E-state index contributed by atoms with van der Waals surface area (Å²) in [5.41, 5.74) is 2.35. The van der Waals surface area contributed by atoms with Crippen molar-refractivity contribution in [3.63, 3.8) is 0 Å². The molecule has 0 amide bonds. The van der Waals surface area contributed by atoms with Crippen LogP contribution in [0.25, 0.3) is 0 Å². The van der Waals surface area contributed by atoms with Crippen molar-refractivity contribution in [1.29, 1.82) is 0 Å². The van der Waals surface area contributed by atoms with Gasteiger partial charge < -0.3 is 0 Å².